The van der Waals surface area contributed by atoms with E-state index in [2.05, 4.69) is 0 Å². The monoisotopic (exact) mass is 157 g/mol. The molecule has 1 aliphatic rings. The first-order valence-electron chi connectivity index (χ1n) is 4.14. The minimum atomic E-state index is -0.0443. The Morgan fingerprint density at radius 1 is 1.64 bits per heavy atom. The van der Waals surface area contributed by atoms with Gasteiger partial charge in [-0.3, -0.25) is 4.79 Å². The van der Waals surface area contributed by atoms with Gasteiger partial charge in [-0.15, -0.1) is 0 Å². The van der Waals surface area contributed by atoms with Crippen molar-refractivity contribution in [3.05, 3.63) is 0 Å². The zero-order valence-corrected chi connectivity index (χ0v) is 6.88. The number of carbonyl (C=O) groups excluding carboxylic acids is 1. The van der Waals surface area contributed by atoms with Crippen LogP contribution in [0.4, 0.5) is 0 Å². The first-order valence-corrected chi connectivity index (χ1v) is 4.14. The second kappa shape index (κ2) is 3.72. The Hall–Kier alpha value is -0.570. The Balaban J connectivity index is 2.16. The summed E-state index contributed by atoms with van der Waals surface area (Å²) in [5.74, 6) is 0.658. The Bertz CT molecular complexity index is 141. The topological polar surface area (TPSA) is 52.3 Å². The third kappa shape index (κ3) is 1.93. The van der Waals surface area contributed by atoms with Gasteiger partial charge in [-0.05, 0) is 32.2 Å². The van der Waals surface area contributed by atoms with E-state index in [1.54, 1.807) is 0 Å². The van der Waals surface area contributed by atoms with Crippen LogP contribution in [0.1, 0.15) is 19.8 Å². The molecule has 0 aliphatic heterocycles. The van der Waals surface area contributed by atoms with Gasteiger partial charge in [0.2, 0.25) is 0 Å². The van der Waals surface area contributed by atoms with Crippen molar-refractivity contribution in [3.63, 3.8) is 0 Å². The molecule has 0 radical (unpaired) electrons. The summed E-state index contributed by atoms with van der Waals surface area (Å²) in [6.07, 6.45) is 1.85. The number of hydrogen-bond acceptors (Lipinski definition) is 3. The van der Waals surface area contributed by atoms with Crippen molar-refractivity contribution in [1.82, 2.24) is 0 Å². The fraction of sp³-hybridized carbons (Fsp3) is 0.875. The minimum absolute atomic E-state index is 0.0443. The molecule has 0 heterocycles. The van der Waals surface area contributed by atoms with Crippen molar-refractivity contribution in [1.29, 1.82) is 0 Å². The lowest BCUT2D eigenvalue weighted by atomic mass is 9.75. The van der Waals surface area contributed by atoms with Crippen molar-refractivity contribution >= 4 is 5.97 Å². The average molecular weight is 157 g/mol. The molecule has 0 atom stereocenters. The fourth-order valence-electron chi connectivity index (χ4n) is 1.38. The molecular formula is C8H15NO2. The van der Waals surface area contributed by atoms with Crippen LogP contribution in [0.15, 0.2) is 0 Å². The molecule has 1 fully saturated rings. The van der Waals surface area contributed by atoms with E-state index in [-0.39, 0.29) is 11.9 Å². The molecule has 0 bridgehead atoms. The highest BCUT2D eigenvalue weighted by Crippen LogP contribution is 2.33. The highest BCUT2D eigenvalue weighted by molar-refractivity contribution is 5.73. The van der Waals surface area contributed by atoms with Crippen LogP contribution in [0.5, 0.6) is 0 Å². The van der Waals surface area contributed by atoms with Crippen LogP contribution in [0.3, 0.4) is 0 Å². The van der Waals surface area contributed by atoms with Crippen molar-refractivity contribution in [3.8, 4) is 0 Å². The van der Waals surface area contributed by atoms with Crippen LogP contribution in [0, 0.1) is 11.8 Å². The number of ether oxygens (including phenoxy) is 1. The maximum atomic E-state index is 11.0. The number of carbonyl (C=O) groups is 1. The SMILES string of the molecule is CCOC(=O)[C@H]1C[C@H](CN)C1. The number of hydrogen-bond donors (Lipinski definition) is 1. The third-order valence-corrected chi connectivity index (χ3v) is 2.19. The maximum Gasteiger partial charge on any atom is 0.308 e. The summed E-state index contributed by atoms with van der Waals surface area (Å²) in [6.45, 7) is 3.02. The molecule has 64 valence electrons. The molecule has 0 aromatic rings. The predicted molar refractivity (Wildman–Crippen MR) is 41.9 cm³/mol. The molecule has 1 aliphatic carbocycles. The molecular weight excluding hydrogens is 142 g/mol. The van der Waals surface area contributed by atoms with Gasteiger partial charge >= 0.3 is 5.97 Å². The van der Waals surface area contributed by atoms with Gasteiger partial charge < -0.3 is 10.5 Å². The van der Waals surface area contributed by atoms with Crippen molar-refractivity contribution in [2.24, 2.45) is 17.6 Å². The number of esters is 1. The molecule has 0 spiro atoms. The molecule has 0 saturated heterocycles. The van der Waals surface area contributed by atoms with Crippen molar-refractivity contribution in [2.45, 2.75) is 19.8 Å². The molecule has 3 heteroatoms. The average Bonchev–Trinajstić information content (AvgIpc) is 1.86. The molecule has 1 saturated carbocycles. The Kier molecular flexibility index (Phi) is 2.88. The second-order valence-electron chi connectivity index (χ2n) is 3.02. The first kappa shape index (κ1) is 8.53. The smallest absolute Gasteiger partial charge is 0.308 e. The molecule has 1 rings (SSSR count). The van der Waals surface area contributed by atoms with E-state index in [1.807, 2.05) is 6.92 Å². The number of nitrogens with two attached hydrogens (primary N) is 1. The molecule has 0 unspecified atom stereocenters. The van der Waals surface area contributed by atoms with Crippen LogP contribution < -0.4 is 5.73 Å². The maximum absolute atomic E-state index is 11.0. The predicted octanol–water partition coefficient (Wildman–Crippen LogP) is 0.534. The summed E-state index contributed by atoms with van der Waals surface area (Å²) < 4.78 is 4.86. The van der Waals surface area contributed by atoms with E-state index in [4.69, 9.17) is 10.5 Å². The van der Waals surface area contributed by atoms with Gasteiger partial charge in [0.1, 0.15) is 0 Å². The van der Waals surface area contributed by atoms with Crippen LogP contribution >= 0.6 is 0 Å². The van der Waals surface area contributed by atoms with Crippen LogP contribution in [0.2, 0.25) is 0 Å². The Morgan fingerprint density at radius 3 is 2.73 bits per heavy atom. The lowest BCUT2D eigenvalue weighted by molar-refractivity contribution is -0.152. The molecule has 0 amide bonds. The zero-order chi connectivity index (χ0) is 8.27. The highest BCUT2D eigenvalue weighted by Gasteiger charge is 2.34. The van der Waals surface area contributed by atoms with Crippen molar-refractivity contribution < 1.29 is 9.53 Å². The van der Waals surface area contributed by atoms with Gasteiger partial charge in [0.15, 0.2) is 0 Å². The van der Waals surface area contributed by atoms with Gasteiger partial charge in [-0.1, -0.05) is 0 Å². The molecule has 0 aromatic heterocycles. The summed E-state index contributed by atoms with van der Waals surface area (Å²) >= 11 is 0. The fourth-order valence-corrected chi connectivity index (χ4v) is 1.38. The summed E-state index contributed by atoms with van der Waals surface area (Å²) in [5, 5.41) is 0. The first-order chi connectivity index (χ1) is 5.27. The van der Waals surface area contributed by atoms with Gasteiger partial charge in [0, 0.05) is 0 Å². The van der Waals surface area contributed by atoms with E-state index >= 15 is 0 Å². The lowest BCUT2D eigenvalue weighted by Gasteiger charge is -2.32. The summed E-state index contributed by atoms with van der Waals surface area (Å²) in [4.78, 5) is 11.0. The van der Waals surface area contributed by atoms with Crippen molar-refractivity contribution in [2.75, 3.05) is 13.2 Å². The highest BCUT2D eigenvalue weighted by atomic mass is 16.5. The molecule has 3 nitrogen and oxygen atoms in total. The van der Waals surface area contributed by atoms with E-state index in [1.165, 1.54) is 0 Å². The lowest BCUT2D eigenvalue weighted by Crippen LogP contribution is -2.35. The second-order valence-corrected chi connectivity index (χ2v) is 3.02. The summed E-state index contributed by atoms with van der Waals surface area (Å²) in [7, 11) is 0. The number of rotatable bonds is 3. The van der Waals surface area contributed by atoms with E-state index < -0.39 is 0 Å². The zero-order valence-electron chi connectivity index (χ0n) is 6.88. The summed E-state index contributed by atoms with van der Waals surface area (Å²) in [5.41, 5.74) is 5.42. The van der Waals surface area contributed by atoms with Gasteiger partial charge in [0.25, 0.3) is 0 Å². The van der Waals surface area contributed by atoms with Gasteiger partial charge in [0.05, 0.1) is 12.5 Å². The molecule has 0 aromatic carbocycles. The summed E-state index contributed by atoms with van der Waals surface area (Å²) in [6, 6.07) is 0. The minimum Gasteiger partial charge on any atom is -0.466 e. The third-order valence-electron chi connectivity index (χ3n) is 2.19. The normalized spacial score (nSPS) is 29.3. The van der Waals surface area contributed by atoms with Gasteiger partial charge in [-0.25, -0.2) is 0 Å². The van der Waals surface area contributed by atoms with Crippen LogP contribution in [-0.2, 0) is 9.53 Å². The largest absolute Gasteiger partial charge is 0.466 e. The van der Waals surface area contributed by atoms with E-state index in [0.29, 0.717) is 19.1 Å². The van der Waals surface area contributed by atoms with E-state index in [0.717, 1.165) is 12.8 Å². The quantitative estimate of drug-likeness (QED) is 0.608. The standard InChI is InChI=1S/C8H15NO2/c1-2-11-8(10)7-3-6(4-7)5-9/h6-7H,2-5,9H2,1H3/t6-,7-. The Labute approximate surface area is 66.9 Å². The van der Waals surface area contributed by atoms with Crippen LogP contribution in [0.25, 0.3) is 0 Å². The molecule has 2 N–H and O–H groups in total. The van der Waals surface area contributed by atoms with Crippen LogP contribution in [-0.4, -0.2) is 19.1 Å². The molecule has 11 heavy (non-hydrogen) atoms. The van der Waals surface area contributed by atoms with Gasteiger partial charge in [-0.2, -0.15) is 0 Å². The van der Waals surface area contributed by atoms with E-state index in [9.17, 15) is 4.79 Å². The Morgan fingerprint density at radius 2 is 2.27 bits per heavy atom.